The van der Waals surface area contributed by atoms with Crippen molar-refractivity contribution >= 4 is 34.6 Å². The topological polar surface area (TPSA) is 122 Å². The first-order valence-corrected chi connectivity index (χ1v) is 22.5. The highest BCUT2D eigenvalue weighted by atomic mass is 19.4. The van der Waals surface area contributed by atoms with Crippen molar-refractivity contribution in [2.24, 2.45) is 0 Å². The molecule has 0 spiro atoms. The van der Waals surface area contributed by atoms with Gasteiger partial charge < -0.3 is 38.5 Å². The molecule has 18 heteroatoms. The van der Waals surface area contributed by atoms with Crippen molar-refractivity contribution in [3.63, 3.8) is 0 Å². The molecule has 0 saturated carbocycles. The number of methoxy groups -OCH3 is 2. The van der Waals surface area contributed by atoms with Gasteiger partial charge in [0.25, 0.3) is 0 Å². The Kier molecular flexibility index (Phi) is 11.6. The molecule has 14 nitrogen and oxygen atoms in total. The molecule has 5 aromatic rings. The molecule has 7 heterocycles. The molecule has 67 heavy (non-hydrogen) atoms. The fraction of sp³-hybridized carbons (Fsp3) is 0.490. The van der Waals surface area contributed by atoms with Crippen LogP contribution in [0.3, 0.4) is 0 Å². The lowest BCUT2D eigenvalue weighted by Crippen LogP contribution is -2.67. The summed E-state index contributed by atoms with van der Waals surface area (Å²) in [5.74, 6) is 0.810. The van der Waals surface area contributed by atoms with E-state index in [1.807, 2.05) is 75.9 Å². The summed E-state index contributed by atoms with van der Waals surface area (Å²) in [7, 11) is 7.10. The van der Waals surface area contributed by atoms with Crippen LogP contribution < -0.4 is 28.9 Å². The van der Waals surface area contributed by atoms with Crippen molar-refractivity contribution < 1.29 is 41.3 Å². The molecule has 0 radical (unpaired) electrons. The number of piperazine rings is 1. The van der Waals surface area contributed by atoms with E-state index in [1.165, 1.54) is 13.0 Å². The molecule has 4 atom stereocenters. The lowest BCUT2D eigenvalue weighted by Gasteiger charge is -2.52. The van der Waals surface area contributed by atoms with Crippen LogP contribution in [0.15, 0.2) is 54.6 Å². The molecule has 0 unspecified atom stereocenters. The highest BCUT2D eigenvalue weighted by molar-refractivity contribution is 5.98. The van der Waals surface area contributed by atoms with Crippen LogP contribution in [0, 0.1) is 12.7 Å². The van der Waals surface area contributed by atoms with Gasteiger partial charge in [-0.05, 0) is 116 Å². The maximum absolute atomic E-state index is 18.0. The van der Waals surface area contributed by atoms with Crippen LogP contribution in [0.1, 0.15) is 69.7 Å². The van der Waals surface area contributed by atoms with Gasteiger partial charge in [-0.25, -0.2) is 24.1 Å². The van der Waals surface area contributed by atoms with Crippen molar-refractivity contribution in [1.29, 1.82) is 0 Å². The van der Waals surface area contributed by atoms with Crippen LogP contribution in [0.5, 0.6) is 17.4 Å². The number of alkyl halides is 3. The fourth-order valence-electron chi connectivity index (χ4n) is 9.99. The molecule has 1 amide bonds. The van der Waals surface area contributed by atoms with Gasteiger partial charge in [0.15, 0.2) is 5.82 Å². The highest BCUT2D eigenvalue weighted by Crippen LogP contribution is 2.49. The Labute approximate surface area is 387 Å². The SMILES string of the molecule is COc1ccc(CN(Cc2ccc(OC)cc2)c2cc(C)c(C(F)(F)F)c(-c3nc4c5c(nc(N6CC(C)(N(C)C)C6)nc5c3F)N3C[C@H]5CC[C@@H]([C@H]3[C@H](C)O4)N5C(=O)OC(C)(C)C)n2)cc1. The van der Waals surface area contributed by atoms with Crippen LogP contribution in [0.25, 0.3) is 22.3 Å². The van der Waals surface area contributed by atoms with E-state index in [1.54, 1.807) is 43.4 Å². The summed E-state index contributed by atoms with van der Waals surface area (Å²) in [6.07, 6.45) is -4.76. The lowest BCUT2D eigenvalue weighted by molar-refractivity contribution is -0.137. The number of carbonyl (C=O) groups is 1. The second kappa shape index (κ2) is 16.9. The summed E-state index contributed by atoms with van der Waals surface area (Å²) in [6, 6.07) is 14.9. The lowest BCUT2D eigenvalue weighted by atomic mass is 9.91. The standard InChI is InChI=1S/C49H57F4N9O5/c1-27-21-35(59(22-29-11-16-32(64-9)17-12-29)23-30-13-18-33(65-10)19-14-30)54-40(37(27)49(51,52)53)41-38(50)39-36-43(57-45(56-39)60-25-48(6,26-60)58(7)8)61-24-31-15-20-34(42(61)28(2)66-44(36)55-41)62(31)46(63)67-47(3,4)5/h11-14,16-19,21,28,31,34,42H,15,20,22-26H2,1-10H3/t28-,31+,34-,42+/m0/s1. The van der Waals surface area contributed by atoms with E-state index < -0.39 is 52.8 Å². The summed E-state index contributed by atoms with van der Waals surface area (Å²) < 4.78 is 87.8. The number of fused-ring (bicyclic) bond motifs is 5. The zero-order chi connectivity index (χ0) is 47.9. The van der Waals surface area contributed by atoms with E-state index in [-0.39, 0.29) is 64.8 Å². The van der Waals surface area contributed by atoms with Crippen molar-refractivity contribution in [2.45, 2.75) is 109 Å². The van der Waals surface area contributed by atoms with Gasteiger partial charge >= 0.3 is 12.3 Å². The monoisotopic (exact) mass is 927 g/mol. The van der Waals surface area contributed by atoms with Gasteiger partial charge in [0, 0.05) is 32.7 Å². The number of anilines is 3. The summed E-state index contributed by atoms with van der Waals surface area (Å²) >= 11 is 0. The van der Waals surface area contributed by atoms with Crippen molar-refractivity contribution in [2.75, 3.05) is 62.6 Å². The maximum atomic E-state index is 18.0. The number of nitrogens with zero attached hydrogens (tertiary/aromatic N) is 9. The molecule has 3 saturated heterocycles. The third-order valence-electron chi connectivity index (χ3n) is 13.6. The van der Waals surface area contributed by atoms with Crippen molar-refractivity contribution in [3.8, 4) is 28.8 Å². The number of ether oxygens (including phenoxy) is 4. The zero-order valence-corrected chi connectivity index (χ0v) is 39.5. The first-order chi connectivity index (χ1) is 31.7. The number of pyridine rings is 2. The molecule has 0 N–H and O–H groups in total. The Morgan fingerprint density at radius 3 is 2.06 bits per heavy atom. The van der Waals surface area contributed by atoms with Crippen molar-refractivity contribution in [1.82, 2.24) is 29.7 Å². The minimum Gasteiger partial charge on any atom is -0.497 e. The predicted molar refractivity (Wildman–Crippen MR) is 247 cm³/mol. The van der Waals surface area contributed by atoms with Crippen LogP contribution in [-0.4, -0.2) is 119 Å². The number of carbonyl (C=O) groups excluding carboxylic acids is 1. The Hall–Kier alpha value is -6.17. The smallest absolute Gasteiger partial charge is 0.418 e. The average molecular weight is 928 g/mol. The molecule has 3 aromatic heterocycles. The van der Waals surface area contributed by atoms with Crippen LogP contribution >= 0.6 is 0 Å². The normalized spacial score (nSPS) is 20.9. The van der Waals surface area contributed by atoms with Gasteiger partial charge in [-0.1, -0.05) is 24.3 Å². The molecule has 3 fully saturated rings. The van der Waals surface area contributed by atoms with E-state index >= 15 is 17.6 Å². The molecule has 2 aromatic carbocycles. The molecular formula is C49H57F4N9O5. The molecule has 0 aliphatic carbocycles. The minimum absolute atomic E-state index is 0.123. The van der Waals surface area contributed by atoms with Gasteiger partial charge in [0.05, 0.1) is 43.4 Å². The van der Waals surface area contributed by atoms with E-state index in [9.17, 15) is 4.79 Å². The second-order valence-electron chi connectivity index (χ2n) is 19.6. The Morgan fingerprint density at radius 2 is 1.51 bits per heavy atom. The second-order valence-corrected chi connectivity index (χ2v) is 19.6. The summed E-state index contributed by atoms with van der Waals surface area (Å²) in [4.78, 5) is 42.8. The molecule has 2 bridgehead atoms. The molecule has 356 valence electrons. The van der Waals surface area contributed by atoms with Crippen LogP contribution in [0.2, 0.25) is 0 Å². The van der Waals surface area contributed by atoms with Gasteiger partial charge in [-0.15, -0.1) is 0 Å². The van der Waals surface area contributed by atoms with Gasteiger partial charge in [0.2, 0.25) is 11.8 Å². The first kappa shape index (κ1) is 46.0. The van der Waals surface area contributed by atoms with Gasteiger partial charge in [-0.2, -0.15) is 18.2 Å². The van der Waals surface area contributed by atoms with E-state index in [2.05, 4.69) is 21.7 Å². The molecule has 4 aliphatic rings. The first-order valence-electron chi connectivity index (χ1n) is 22.5. The number of likely N-dealkylation sites (N-methyl/N-ethyl adjacent to an activating group) is 1. The molecule has 4 aliphatic heterocycles. The average Bonchev–Trinajstić information content (AvgIpc) is 3.51. The van der Waals surface area contributed by atoms with Crippen molar-refractivity contribution in [3.05, 3.63) is 82.7 Å². The minimum atomic E-state index is -4.96. The predicted octanol–water partition coefficient (Wildman–Crippen LogP) is 8.66. The summed E-state index contributed by atoms with van der Waals surface area (Å²) in [5.41, 5.74) is -2.21. The van der Waals surface area contributed by atoms with E-state index in [0.29, 0.717) is 49.8 Å². The number of hydrogen-bond donors (Lipinski definition) is 0. The third-order valence-corrected chi connectivity index (χ3v) is 13.6. The molecular weight excluding hydrogens is 871 g/mol. The maximum Gasteiger partial charge on any atom is 0.418 e. The number of aromatic nitrogens is 4. The number of hydrogen-bond acceptors (Lipinski definition) is 13. The fourth-order valence-corrected chi connectivity index (χ4v) is 9.99. The number of amides is 1. The number of aryl methyl sites for hydroxylation is 1. The number of halogens is 4. The van der Waals surface area contributed by atoms with Gasteiger partial charge in [0.1, 0.15) is 57.1 Å². The number of benzene rings is 2. The summed E-state index contributed by atoms with van der Waals surface area (Å²) in [5, 5.41) is 0.141. The Morgan fingerprint density at radius 1 is 0.896 bits per heavy atom. The van der Waals surface area contributed by atoms with Gasteiger partial charge in [-0.3, -0.25) is 4.90 Å². The summed E-state index contributed by atoms with van der Waals surface area (Å²) in [6.45, 7) is 12.6. The van der Waals surface area contributed by atoms with Crippen LogP contribution in [0.4, 0.5) is 39.9 Å². The Bertz CT molecular complexity index is 2640. The van der Waals surface area contributed by atoms with E-state index in [0.717, 1.165) is 11.1 Å². The third kappa shape index (κ3) is 8.46. The quantitative estimate of drug-likeness (QED) is 0.124. The largest absolute Gasteiger partial charge is 0.497 e. The number of rotatable bonds is 10. The highest BCUT2D eigenvalue weighted by Gasteiger charge is 2.54. The van der Waals surface area contributed by atoms with Crippen LogP contribution in [-0.2, 0) is 24.0 Å². The molecule has 9 rings (SSSR count). The van der Waals surface area contributed by atoms with E-state index in [4.69, 9.17) is 33.9 Å². The zero-order valence-electron chi connectivity index (χ0n) is 39.5. The Balaban J connectivity index is 1.22.